The lowest BCUT2D eigenvalue weighted by Gasteiger charge is -2.09. The van der Waals surface area contributed by atoms with Crippen molar-refractivity contribution >= 4 is 10.0 Å². The van der Waals surface area contributed by atoms with Crippen molar-refractivity contribution in [2.24, 2.45) is 0 Å². The number of hydrogen-bond acceptors (Lipinski definition) is 4. The van der Waals surface area contributed by atoms with Gasteiger partial charge in [0.1, 0.15) is 6.61 Å². The molecular weight excluding hydrogens is 348 g/mol. The van der Waals surface area contributed by atoms with Crippen molar-refractivity contribution in [2.45, 2.75) is 25.0 Å². The molecule has 0 saturated carbocycles. The number of rotatable bonds is 7. The molecule has 0 unspecified atom stereocenters. The Morgan fingerprint density at radius 1 is 0.962 bits per heavy atom. The van der Waals surface area contributed by atoms with E-state index in [0.717, 1.165) is 16.7 Å². The smallest absolute Gasteiger partial charge is 0.240 e. The molecule has 134 valence electrons. The number of aromatic nitrogens is 1. The third-order valence-electron chi connectivity index (χ3n) is 3.79. The van der Waals surface area contributed by atoms with Gasteiger partial charge < -0.3 is 4.74 Å². The van der Waals surface area contributed by atoms with E-state index in [0.29, 0.717) is 12.5 Å². The lowest BCUT2D eigenvalue weighted by Crippen LogP contribution is -2.23. The maximum atomic E-state index is 12.4. The van der Waals surface area contributed by atoms with Crippen LogP contribution < -0.4 is 9.46 Å². The predicted molar refractivity (Wildman–Crippen MR) is 100 cm³/mol. The second-order valence-electron chi connectivity index (χ2n) is 5.92. The lowest BCUT2D eigenvalue weighted by molar-refractivity contribution is 0.293. The summed E-state index contributed by atoms with van der Waals surface area (Å²) in [6.07, 6.45) is 1.61. The molecule has 1 aromatic heterocycles. The van der Waals surface area contributed by atoms with Crippen LogP contribution >= 0.6 is 0 Å². The van der Waals surface area contributed by atoms with E-state index in [4.69, 9.17) is 4.74 Å². The molecule has 0 aliphatic carbocycles. The second-order valence-corrected chi connectivity index (χ2v) is 7.68. The van der Waals surface area contributed by atoms with E-state index in [-0.39, 0.29) is 11.4 Å². The van der Waals surface area contributed by atoms with Gasteiger partial charge in [-0.3, -0.25) is 0 Å². The Morgan fingerprint density at radius 3 is 2.54 bits per heavy atom. The van der Waals surface area contributed by atoms with E-state index < -0.39 is 10.0 Å². The van der Waals surface area contributed by atoms with Crippen molar-refractivity contribution in [1.29, 1.82) is 0 Å². The SMILES string of the molecule is Cc1cccc(S(=O)(=O)NCc2ccnc(OCc3ccccc3)c2)c1. The first-order valence-corrected chi connectivity index (χ1v) is 9.69. The molecule has 0 radical (unpaired) electrons. The van der Waals surface area contributed by atoms with Gasteiger partial charge in [0.15, 0.2) is 0 Å². The molecule has 1 heterocycles. The van der Waals surface area contributed by atoms with Gasteiger partial charge in [-0.2, -0.15) is 0 Å². The zero-order chi connectivity index (χ0) is 18.4. The Balaban J connectivity index is 1.63. The summed E-state index contributed by atoms with van der Waals surface area (Å²) in [6.45, 7) is 2.44. The Morgan fingerprint density at radius 2 is 1.77 bits per heavy atom. The summed E-state index contributed by atoms with van der Waals surface area (Å²) in [4.78, 5) is 4.43. The summed E-state index contributed by atoms with van der Waals surface area (Å²) in [5.74, 6) is 0.459. The molecular formula is C20H20N2O3S. The van der Waals surface area contributed by atoms with Crippen molar-refractivity contribution in [3.8, 4) is 5.88 Å². The molecule has 6 heteroatoms. The molecule has 5 nitrogen and oxygen atoms in total. The normalized spacial score (nSPS) is 11.3. The van der Waals surface area contributed by atoms with Gasteiger partial charge in [0.05, 0.1) is 4.90 Å². The zero-order valence-corrected chi connectivity index (χ0v) is 15.2. The van der Waals surface area contributed by atoms with Gasteiger partial charge in [0, 0.05) is 18.8 Å². The predicted octanol–water partition coefficient (Wildman–Crippen LogP) is 3.45. The second kappa shape index (κ2) is 8.12. The number of aryl methyl sites for hydroxylation is 1. The summed E-state index contributed by atoms with van der Waals surface area (Å²) in [7, 11) is -3.56. The minimum absolute atomic E-state index is 0.167. The van der Waals surface area contributed by atoms with Crippen LogP contribution in [0.1, 0.15) is 16.7 Å². The molecule has 3 rings (SSSR count). The van der Waals surface area contributed by atoms with E-state index in [1.165, 1.54) is 0 Å². The third-order valence-corrected chi connectivity index (χ3v) is 5.19. The highest BCUT2D eigenvalue weighted by Crippen LogP contribution is 2.14. The highest BCUT2D eigenvalue weighted by molar-refractivity contribution is 7.89. The van der Waals surface area contributed by atoms with Gasteiger partial charge in [0.2, 0.25) is 15.9 Å². The molecule has 2 aromatic carbocycles. The Hall–Kier alpha value is -2.70. The van der Waals surface area contributed by atoms with Gasteiger partial charge in [-0.15, -0.1) is 0 Å². The number of pyridine rings is 1. The van der Waals surface area contributed by atoms with Gasteiger partial charge in [-0.1, -0.05) is 42.5 Å². The Labute approximate surface area is 153 Å². The number of sulfonamides is 1. The summed E-state index contributed by atoms with van der Waals surface area (Å²) in [5, 5.41) is 0. The van der Waals surface area contributed by atoms with Crippen LogP contribution in [0.15, 0.2) is 77.8 Å². The van der Waals surface area contributed by atoms with Crippen LogP contribution in [-0.4, -0.2) is 13.4 Å². The molecule has 0 amide bonds. The summed E-state index contributed by atoms with van der Waals surface area (Å²) in [6, 6.07) is 20.1. The number of hydrogen-bond donors (Lipinski definition) is 1. The number of ether oxygens (including phenoxy) is 1. The lowest BCUT2D eigenvalue weighted by atomic mass is 10.2. The first kappa shape index (κ1) is 18.1. The maximum absolute atomic E-state index is 12.4. The molecule has 0 spiro atoms. The third kappa shape index (κ3) is 4.91. The average Bonchev–Trinajstić information content (AvgIpc) is 2.66. The highest BCUT2D eigenvalue weighted by atomic mass is 32.2. The van der Waals surface area contributed by atoms with E-state index >= 15 is 0 Å². The first-order chi connectivity index (χ1) is 12.5. The number of nitrogens with zero attached hydrogens (tertiary/aromatic N) is 1. The van der Waals surface area contributed by atoms with Crippen LogP contribution in [0.4, 0.5) is 0 Å². The maximum Gasteiger partial charge on any atom is 0.240 e. The molecule has 26 heavy (non-hydrogen) atoms. The number of benzene rings is 2. The van der Waals surface area contributed by atoms with Gasteiger partial charge in [0.25, 0.3) is 0 Å². The Kier molecular flexibility index (Phi) is 5.65. The monoisotopic (exact) mass is 368 g/mol. The molecule has 1 N–H and O–H groups in total. The van der Waals surface area contributed by atoms with Crippen LogP contribution in [0.3, 0.4) is 0 Å². The summed E-state index contributed by atoms with van der Waals surface area (Å²) in [5.41, 5.74) is 2.72. The first-order valence-electron chi connectivity index (χ1n) is 8.21. The van der Waals surface area contributed by atoms with E-state index in [1.807, 2.05) is 43.3 Å². The standard InChI is InChI=1S/C20H20N2O3S/c1-16-6-5-9-19(12-16)26(23,24)22-14-18-10-11-21-20(13-18)25-15-17-7-3-2-4-8-17/h2-13,22H,14-15H2,1H3. The Bertz CT molecular complexity index is 973. The van der Waals surface area contributed by atoms with Gasteiger partial charge >= 0.3 is 0 Å². The molecule has 0 aliphatic rings. The fourth-order valence-corrected chi connectivity index (χ4v) is 3.54. The van der Waals surface area contributed by atoms with E-state index in [9.17, 15) is 8.42 Å². The topological polar surface area (TPSA) is 68.3 Å². The summed E-state index contributed by atoms with van der Waals surface area (Å²) < 4.78 is 33.1. The zero-order valence-electron chi connectivity index (χ0n) is 14.4. The minimum atomic E-state index is -3.56. The summed E-state index contributed by atoms with van der Waals surface area (Å²) >= 11 is 0. The molecule has 0 aliphatic heterocycles. The molecule has 0 fully saturated rings. The van der Waals surface area contributed by atoms with Crippen molar-refractivity contribution in [3.63, 3.8) is 0 Å². The van der Waals surface area contributed by atoms with Crippen molar-refractivity contribution < 1.29 is 13.2 Å². The fourth-order valence-electron chi connectivity index (χ4n) is 2.42. The molecule has 0 bridgehead atoms. The van der Waals surface area contributed by atoms with Crippen molar-refractivity contribution in [3.05, 3.63) is 89.6 Å². The van der Waals surface area contributed by atoms with Crippen LogP contribution in [0, 0.1) is 6.92 Å². The van der Waals surface area contributed by atoms with Crippen molar-refractivity contribution in [1.82, 2.24) is 9.71 Å². The minimum Gasteiger partial charge on any atom is -0.473 e. The van der Waals surface area contributed by atoms with Crippen molar-refractivity contribution in [2.75, 3.05) is 0 Å². The van der Waals surface area contributed by atoms with Crippen LogP contribution in [0.5, 0.6) is 5.88 Å². The molecule has 0 saturated heterocycles. The van der Waals surface area contributed by atoms with Gasteiger partial charge in [-0.25, -0.2) is 18.1 Å². The fraction of sp³-hybridized carbons (Fsp3) is 0.150. The molecule has 3 aromatic rings. The van der Waals surface area contributed by atoms with Crippen LogP contribution in [-0.2, 0) is 23.2 Å². The molecule has 0 atom stereocenters. The van der Waals surface area contributed by atoms with E-state index in [2.05, 4.69) is 9.71 Å². The van der Waals surface area contributed by atoms with Gasteiger partial charge in [-0.05, 0) is 41.8 Å². The quantitative estimate of drug-likeness (QED) is 0.694. The average molecular weight is 368 g/mol. The van der Waals surface area contributed by atoms with Crippen LogP contribution in [0.25, 0.3) is 0 Å². The highest BCUT2D eigenvalue weighted by Gasteiger charge is 2.13. The van der Waals surface area contributed by atoms with Crippen LogP contribution in [0.2, 0.25) is 0 Å². The number of nitrogens with one attached hydrogen (secondary N) is 1. The largest absolute Gasteiger partial charge is 0.473 e. The van der Waals surface area contributed by atoms with E-state index in [1.54, 1.807) is 36.5 Å².